The topological polar surface area (TPSA) is 59.0 Å². The maximum absolute atomic E-state index is 15.0. The summed E-state index contributed by atoms with van der Waals surface area (Å²) in [6, 6.07) is 5.99. The van der Waals surface area contributed by atoms with Gasteiger partial charge < -0.3 is 10.6 Å². The van der Waals surface area contributed by atoms with Crippen LogP contribution in [-0.2, 0) is 7.05 Å². The van der Waals surface area contributed by atoms with Gasteiger partial charge in [-0.05, 0) is 58.7 Å². The largest absolute Gasteiger partial charge is 0.347 e. The van der Waals surface area contributed by atoms with E-state index in [1.165, 1.54) is 18.2 Å². The number of carbonyl (C=O) groups excluding carboxylic acids is 1. The third kappa shape index (κ3) is 4.42. The lowest BCUT2D eigenvalue weighted by atomic mass is 9.85. The minimum atomic E-state index is -0.947. The Kier molecular flexibility index (Phi) is 6.60. The number of benzene rings is 2. The number of aromatic nitrogens is 2. The summed E-state index contributed by atoms with van der Waals surface area (Å²) >= 11 is 9.68. The van der Waals surface area contributed by atoms with Gasteiger partial charge in [-0.1, -0.05) is 17.7 Å². The molecule has 0 aliphatic carbocycles. The van der Waals surface area contributed by atoms with Gasteiger partial charge in [-0.15, -0.1) is 0 Å². The quantitative estimate of drug-likeness (QED) is 0.513. The molecule has 4 rings (SSSR count). The van der Waals surface area contributed by atoms with E-state index in [4.69, 9.17) is 11.6 Å². The van der Waals surface area contributed by atoms with Crippen molar-refractivity contribution < 1.29 is 18.0 Å². The van der Waals surface area contributed by atoms with E-state index < -0.39 is 29.4 Å². The number of carbonyl (C=O) groups is 1. The maximum Gasteiger partial charge on any atom is 0.256 e. The maximum atomic E-state index is 15.0. The monoisotopic (exact) mass is 526 g/mol. The molecule has 168 valence electrons. The lowest BCUT2D eigenvalue weighted by molar-refractivity contribution is 0.0920. The van der Waals surface area contributed by atoms with Crippen molar-refractivity contribution in [1.82, 2.24) is 20.4 Å². The van der Waals surface area contributed by atoms with Gasteiger partial charge in [0.1, 0.15) is 5.82 Å². The van der Waals surface area contributed by atoms with Crippen LogP contribution in [0.25, 0.3) is 11.3 Å². The summed E-state index contributed by atoms with van der Waals surface area (Å²) in [7, 11) is 1.71. The molecular weight excluding hydrogens is 509 g/mol. The zero-order valence-corrected chi connectivity index (χ0v) is 19.3. The number of halogens is 5. The van der Waals surface area contributed by atoms with Gasteiger partial charge >= 0.3 is 0 Å². The highest BCUT2D eigenvalue weighted by Gasteiger charge is 2.30. The molecule has 32 heavy (non-hydrogen) atoms. The van der Waals surface area contributed by atoms with Gasteiger partial charge in [-0.3, -0.25) is 9.48 Å². The van der Waals surface area contributed by atoms with E-state index in [-0.39, 0.29) is 16.5 Å². The minimum absolute atomic E-state index is 0.0428. The van der Waals surface area contributed by atoms with Crippen LogP contribution in [0.5, 0.6) is 0 Å². The van der Waals surface area contributed by atoms with E-state index >= 15 is 0 Å². The van der Waals surface area contributed by atoms with Gasteiger partial charge in [-0.2, -0.15) is 5.10 Å². The van der Waals surface area contributed by atoms with Crippen molar-refractivity contribution in [2.45, 2.75) is 18.4 Å². The Hall–Kier alpha value is -2.36. The van der Waals surface area contributed by atoms with E-state index in [0.29, 0.717) is 40.8 Å². The van der Waals surface area contributed by atoms with Gasteiger partial charge in [0.25, 0.3) is 5.91 Å². The first-order valence-corrected chi connectivity index (χ1v) is 11.1. The van der Waals surface area contributed by atoms with Crippen molar-refractivity contribution in [2.75, 3.05) is 13.1 Å². The zero-order chi connectivity index (χ0) is 23.0. The number of rotatable bonds is 4. The summed E-state index contributed by atoms with van der Waals surface area (Å²) < 4.78 is 44.3. The smallest absolute Gasteiger partial charge is 0.256 e. The van der Waals surface area contributed by atoms with Crippen LogP contribution in [-0.4, -0.2) is 34.8 Å². The lowest BCUT2D eigenvalue weighted by Gasteiger charge is -2.33. The lowest BCUT2D eigenvalue weighted by Crippen LogP contribution is -2.50. The molecule has 1 aromatic heterocycles. The first-order chi connectivity index (χ1) is 15.3. The molecule has 0 radical (unpaired) electrons. The standard InChI is InChI=1S/C22H19BrClF3N4O/c1-31-21(14(23)9-29-31)12-6-15(24)20(18(27)8-12)22(32)30-19-10-28-5-4-13(19)11-2-3-16(25)17(26)7-11/h2-3,6-9,13,19,28H,4-5,10H2,1H3,(H,30,32)/t13-,19+/m0/s1. The number of hydrogen-bond acceptors (Lipinski definition) is 3. The molecule has 1 fully saturated rings. The molecule has 0 spiro atoms. The summed E-state index contributed by atoms with van der Waals surface area (Å²) in [6.45, 7) is 1.05. The fraction of sp³-hybridized carbons (Fsp3) is 0.273. The molecule has 2 atom stereocenters. The SMILES string of the molecule is Cn1ncc(Br)c1-c1cc(F)c(C(=O)N[C@@H]2CNCC[C@H]2c2ccc(F)c(F)c2)c(Cl)c1. The molecule has 0 saturated carbocycles. The Balaban J connectivity index is 1.60. The summed E-state index contributed by atoms with van der Waals surface area (Å²) in [5.74, 6) is -3.59. The molecule has 2 aromatic carbocycles. The Morgan fingerprint density at radius 2 is 2.00 bits per heavy atom. The highest BCUT2D eigenvalue weighted by atomic mass is 79.9. The number of nitrogens with one attached hydrogen (secondary N) is 2. The summed E-state index contributed by atoms with van der Waals surface area (Å²) in [5.41, 5.74) is 1.38. The molecule has 10 heteroatoms. The van der Waals surface area contributed by atoms with Crippen LogP contribution < -0.4 is 10.6 Å². The van der Waals surface area contributed by atoms with Crippen LogP contribution in [0.1, 0.15) is 28.3 Å². The van der Waals surface area contributed by atoms with E-state index in [9.17, 15) is 18.0 Å². The molecule has 1 amide bonds. The second-order valence-corrected chi connectivity index (χ2v) is 8.89. The molecule has 1 aliphatic heterocycles. The van der Waals surface area contributed by atoms with Crippen molar-refractivity contribution in [3.05, 3.63) is 74.6 Å². The first kappa shape index (κ1) is 22.8. The summed E-state index contributed by atoms with van der Waals surface area (Å²) in [5, 5.41) is 10.0. The van der Waals surface area contributed by atoms with Crippen molar-refractivity contribution in [3.8, 4) is 11.3 Å². The molecule has 2 N–H and O–H groups in total. The molecule has 2 heterocycles. The second-order valence-electron chi connectivity index (χ2n) is 7.63. The van der Waals surface area contributed by atoms with E-state index in [1.807, 2.05) is 0 Å². The fourth-order valence-electron chi connectivity index (χ4n) is 4.05. The third-order valence-electron chi connectivity index (χ3n) is 5.61. The molecule has 1 aliphatic rings. The van der Waals surface area contributed by atoms with Gasteiger partial charge in [0.15, 0.2) is 11.6 Å². The highest BCUT2D eigenvalue weighted by molar-refractivity contribution is 9.10. The molecule has 5 nitrogen and oxygen atoms in total. The Morgan fingerprint density at radius 1 is 1.22 bits per heavy atom. The van der Waals surface area contributed by atoms with Crippen molar-refractivity contribution in [2.24, 2.45) is 7.05 Å². The van der Waals surface area contributed by atoms with Gasteiger partial charge in [0.05, 0.1) is 26.9 Å². The van der Waals surface area contributed by atoms with Crippen LogP contribution in [0.3, 0.4) is 0 Å². The molecule has 0 bridgehead atoms. The predicted molar refractivity (Wildman–Crippen MR) is 119 cm³/mol. The van der Waals surface area contributed by atoms with Gasteiger partial charge in [-0.25, -0.2) is 13.2 Å². The van der Waals surface area contributed by atoms with Crippen LogP contribution in [0.4, 0.5) is 13.2 Å². The van der Waals surface area contributed by atoms with Gasteiger partial charge in [0, 0.05) is 31.1 Å². The van der Waals surface area contributed by atoms with Crippen LogP contribution in [0.2, 0.25) is 5.02 Å². The number of hydrogen-bond donors (Lipinski definition) is 2. The average molecular weight is 528 g/mol. The van der Waals surface area contributed by atoms with Crippen LogP contribution in [0.15, 0.2) is 41.0 Å². The first-order valence-electron chi connectivity index (χ1n) is 9.89. The Labute approximate surface area is 196 Å². The Bertz CT molecular complexity index is 1140. The van der Waals surface area contributed by atoms with Crippen LogP contribution in [0, 0.1) is 17.5 Å². The Morgan fingerprint density at radius 3 is 2.66 bits per heavy atom. The normalized spacial score (nSPS) is 18.6. The van der Waals surface area contributed by atoms with Crippen molar-refractivity contribution >= 4 is 33.4 Å². The highest BCUT2D eigenvalue weighted by Crippen LogP contribution is 2.33. The third-order valence-corrected chi connectivity index (χ3v) is 6.49. The molecular formula is C22H19BrClF3N4O. The van der Waals surface area contributed by atoms with Crippen molar-refractivity contribution in [3.63, 3.8) is 0 Å². The molecule has 3 aromatic rings. The summed E-state index contributed by atoms with van der Waals surface area (Å²) in [4.78, 5) is 13.0. The molecule has 0 unspecified atom stereocenters. The second kappa shape index (κ2) is 9.25. The zero-order valence-electron chi connectivity index (χ0n) is 16.9. The number of nitrogens with zero attached hydrogens (tertiary/aromatic N) is 2. The average Bonchev–Trinajstić information content (AvgIpc) is 3.08. The number of piperidine rings is 1. The minimum Gasteiger partial charge on any atom is -0.347 e. The summed E-state index contributed by atoms with van der Waals surface area (Å²) in [6.07, 6.45) is 2.18. The van der Waals surface area contributed by atoms with E-state index in [1.54, 1.807) is 17.9 Å². The number of aryl methyl sites for hydroxylation is 1. The van der Waals surface area contributed by atoms with E-state index in [0.717, 1.165) is 12.1 Å². The fourth-order valence-corrected chi connectivity index (χ4v) is 4.93. The van der Waals surface area contributed by atoms with Gasteiger partial charge in [0.2, 0.25) is 0 Å². The predicted octanol–water partition coefficient (Wildman–Crippen LogP) is 4.80. The van der Waals surface area contributed by atoms with Crippen LogP contribution >= 0.6 is 27.5 Å². The molecule has 1 saturated heterocycles. The van der Waals surface area contributed by atoms with E-state index in [2.05, 4.69) is 31.7 Å². The number of amides is 1. The van der Waals surface area contributed by atoms with Crippen molar-refractivity contribution in [1.29, 1.82) is 0 Å².